The molecule has 0 spiro atoms. The molecular weight excluding hydrogens is 376 g/mol. The van der Waals surface area contributed by atoms with Crippen molar-refractivity contribution in [2.45, 2.75) is 77.0 Å². The number of aliphatic hydroxyl groups excluding tert-OH is 1. The number of ether oxygens (including phenoxy) is 1. The average Bonchev–Trinajstić information content (AvgIpc) is 3.35. The summed E-state index contributed by atoms with van der Waals surface area (Å²) in [6.45, 7) is 3.87. The van der Waals surface area contributed by atoms with E-state index in [9.17, 15) is 14.7 Å². The van der Waals surface area contributed by atoms with Crippen LogP contribution in [0.4, 0.5) is 10.5 Å². The van der Waals surface area contributed by atoms with Gasteiger partial charge in [-0.05, 0) is 46.0 Å². The molecule has 4 N–H and O–H groups in total. The third-order valence-corrected chi connectivity index (χ3v) is 5.88. The summed E-state index contributed by atoms with van der Waals surface area (Å²) in [4.78, 5) is 24.4. The second-order valence-corrected chi connectivity index (χ2v) is 8.02. The van der Waals surface area contributed by atoms with Gasteiger partial charge in [0.15, 0.2) is 5.76 Å². The lowest BCUT2D eigenvalue weighted by molar-refractivity contribution is -0.125. The Morgan fingerprint density at radius 2 is 1.93 bits per heavy atom. The Bertz CT molecular complexity index is 682. The van der Waals surface area contributed by atoms with Gasteiger partial charge in [0, 0.05) is 12.5 Å². The molecule has 29 heavy (non-hydrogen) atoms. The molecule has 0 aromatic carbocycles. The zero-order valence-corrected chi connectivity index (χ0v) is 17.2. The van der Waals surface area contributed by atoms with Crippen LogP contribution in [0.1, 0.15) is 56.4 Å². The monoisotopic (exact) mass is 408 g/mol. The highest BCUT2D eigenvalue weighted by Gasteiger charge is 2.32. The normalized spacial score (nSPS) is 25.0. The van der Waals surface area contributed by atoms with E-state index in [0.29, 0.717) is 36.5 Å². The number of carbonyl (C=O) groups is 2. The third kappa shape index (κ3) is 5.70. The fourth-order valence-electron chi connectivity index (χ4n) is 4.18. The predicted molar refractivity (Wildman–Crippen MR) is 106 cm³/mol. The van der Waals surface area contributed by atoms with Gasteiger partial charge in [0.2, 0.25) is 5.91 Å². The Morgan fingerprint density at radius 3 is 2.59 bits per heavy atom. The van der Waals surface area contributed by atoms with Gasteiger partial charge in [0.1, 0.15) is 17.5 Å². The van der Waals surface area contributed by atoms with Crippen LogP contribution in [0.3, 0.4) is 0 Å². The molecule has 9 nitrogen and oxygen atoms in total. The van der Waals surface area contributed by atoms with Gasteiger partial charge in [-0.25, -0.2) is 4.79 Å². The fraction of sp³-hybridized carbons (Fsp3) is 0.750. The number of aryl methyl sites for hydroxylation is 2. The first-order valence-corrected chi connectivity index (χ1v) is 10.5. The number of carbonyl (C=O) groups excluding carboxylic acids is 2. The first-order valence-electron chi connectivity index (χ1n) is 10.5. The van der Waals surface area contributed by atoms with Gasteiger partial charge in [-0.15, -0.1) is 0 Å². The molecule has 2 heterocycles. The Hall–Kier alpha value is -2.13. The van der Waals surface area contributed by atoms with Crippen LogP contribution >= 0.6 is 0 Å². The van der Waals surface area contributed by atoms with Crippen LogP contribution in [0.15, 0.2) is 4.52 Å². The first-order chi connectivity index (χ1) is 14.0. The fourth-order valence-corrected chi connectivity index (χ4v) is 4.18. The van der Waals surface area contributed by atoms with Crippen LogP contribution in [0.2, 0.25) is 0 Å². The highest BCUT2D eigenvalue weighted by molar-refractivity contribution is 5.90. The molecule has 1 aromatic rings. The first kappa shape index (κ1) is 21.6. The minimum absolute atomic E-state index is 0.0419. The molecule has 3 atom stereocenters. The van der Waals surface area contributed by atoms with Crippen LogP contribution in [-0.2, 0) is 9.53 Å². The lowest BCUT2D eigenvalue weighted by Gasteiger charge is -2.36. The second kappa shape index (κ2) is 10.1. The van der Waals surface area contributed by atoms with Crippen LogP contribution in [-0.4, -0.2) is 53.6 Å². The molecule has 162 valence electrons. The van der Waals surface area contributed by atoms with E-state index in [-0.39, 0.29) is 36.6 Å². The molecule has 1 aliphatic carbocycles. The molecule has 0 bridgehead atoms. The van der Waals surface area contributed by atoms with Gasteiger partial charge in [-0.3, -0.25) is 4.79 Å². The SMILES string of the molecule is Cc1noc(C)c1NC(=O)N[C@@H]1CC[C@H](CCNC(=O)C2CCCC2)O[C@H]1CO. The van der Waals surface area contributed by atoms with Crippen LogP contribution < -0.4 is 16.0 Å². The molecule has 2 fully saturated rings. The van der Waals surface area contributed by atoms with Crippen molar-refractivity contribution in [1.29, 1.82) is 0 Å². The molecule has 2 aliphatic rings. The molecule has 3 amide bonds. The molecule has 3 rings (SSSR count). The topological polar surface area (TPSA) is 126 Å². The molecule has 9 heteroatoms. The summed E-state index contributed by atoms with van der Waals surface area (Å²) in [5.41, 5.74) is 1.16. The highest BCUT2D eigenvalue weighted by Crippen LogP contribution is 2.25. The average molecular weight is 408 g/mol. The predicted octanol–water partition coefficient (Wildman–Crippen LogP) is 2.02. The number of amides is 3. The van der Waals surface area contributed by atoms with E-state index in [2.05, 4.69) is 21.1 Å². The van der Waals surface area contributed by atoms with Crippen molar-refractivity contribution in [2.24, 2.45) is 5.92 Å². The van der Waals surface area contributed by atoms with E-state index in [0.717, 1.165) is 32.1 Å². The smallest absolute Gasteiger partial charge is 0.319 e. The third-order valence-electron chi connectivity index (χ3n) is 5.88. The van der Waals surface area contributed by atoms with E-state index in [1.807, 2.05) is 0 Å². The van der Waals surface area contributed by atoms with Crippen molar-refractivity contribution in [3.05, 3.63) is 11.5 Å². The van der Waals surface area contributed by atoms with Gasteiger partial charge in [0.25, 0.3) is 0 Å². The van der Waals surface area contributed by atoms with Gasteiger partial charge < -0.3 is 30.3 Å². The Morgan fingerprint density at radius 1 is 1.17 bits per heavy atom. The van der Waals surface area contributed by atoms with Crippen LogP contribution in [0.5, 0.6) is 0 Å². The van der Waals surface area contributed by atoms with Crippen molar-refractivity contribution in [3.8, 4) is 0 Å². The standard InChI is InChI=1S/C20H32N4O5/c1-12-18(13(2)29-24-12)23-20(27)22-16-8-7-15(28-17(16)11-25)9-10-21-19(26)14-5-3-4-6-14/h14-17,25H,3-11H2,1-2H3,(H,21,26)(H2,22,23,27)/t15-,16-,17+/m1/s1. The molecular formula is C20H32N4O5. The summed E-state index contributed by atoms with van der Waals surface area (Å²) in [7, 11) is 0. The molecule has 1 saturated carbocycles. The summed E-state index contributed by atoms with van der Waals surface area (Å²) in [5, 5.41) is 22.1. The maximum absolute atomic E-state index is 12.3. The summed E-state index contributed by atoms with van der Waals surface area (Å²) in [5.74, 6) is 0.848. The van der Waals surface area contributed by atoms with Gasteiger partial charge >= 0.3 is 6.03 Å². The van der Waals surface area contributed by atoms with Crippen molar-refractivity contribution in [2.75, 3.05) is 18.5 Å². The van der Waals surface area contributed by atoms with E-state index < -0.39 is 6.10 Å². The molecule has 0 radical (unpaired) electrons. The van der Waals surface area contributed by atoms with Crippen molar-refractivity contribution < 1.29 is 24.0 Å². The maximum Gasteiger partial charge on any atom is 0.319 e. The number of aliphatic hydroxyl groups is 1. The summed E-state index contributed by atoms with van der Waals surface area (Å²) < 4.78 is 11.0. The van der Waals surface area contributed by atoms with E-state index >= 15 is 0 Å². The number of anilines is 1. The zero-order chi connectivity index (χ0) is 20.8. The minimum atomic E-state index is -0.477. The zero-order valence-electron chi connectivity index (χ0n) is 17.2. The van der Waals surface area contributed by atoms with Gasteiger partial charge in [0.05, 0.1) is 18.8 Å². The second-order valence-electron chi connectivity index (χ2n) is 8.02. The number of rotatable bonds is 7. The summed E-state index contributed by atoms with van der Waals surface area (Å²) in [6, 6.07) is -0.668. The Labute approximate surface area is 170 Å². The number of urea groups is 1. The molecule has 1 saturated heterocycles. The maximum atomic E-state index is 12.3. The Balaban J connectivity index is 1.41. The van der Waals surface area contributed by atoms with Crippen LogP contribution in [0, 0.1) is 19.8 Å². The quantitative estimate of drug-likeness (QED) is 0.547. The number of nitrogens with one attached hydrogen (secondary N) is 3. The minimum Gasteiger partial charge on any atom is -0.394 e. The lowest BCUT2D eigenvalue weighted by atomic mass is 9.97. The lowest BCUT2D eigenvalue weighted by Crippen LogP contribution is -2.52. The summed E-state index contributed by atoms with van der Waals surface area (Å²) >= 11 is 0. The van der Waals surface area contributed by atoms with Gasteiger partial charge in [-0.1, -0.05) is 18.0 Å². The van der Waals surface area contributed by atoms with Crippen molar-refractivity contribution >= 4 is 17.6 Å². The largest absolute Gasteiger partial charge is 0.394 e. The molecule has 1 aliphatic heterocycles. The van der Waals surface area contributed by atoms with Crippen LogP contribution in [0.25, 0.3) is 0 Å². The number of aromatic nitrogens is 1. The molecule has 1 aromatic heterocycles. The van der Waals surface area contributed by atoms with Crippen molar-refractivity contribution in [3.63, 3.8) is 0 Å². The summed E-state index contributed by atoms with van der Waals surface area (Å²) in [6.07, 6.45) is 5.89. The van der Waals surface area contributed by atoms with Gasteiger partial charge in [-0.2, -0.15) is 0 Å². The Kier molecular flexibility index (Phi) is 7.49. The van der Waals surface area contributed by atoms with Crippen molar-refractivity contribution in [1.82, 2.24) is 15.8 Å². The van der Waals surface area contributed by atoms with E-state index in [1.165, 1.54) is 0 Å². The number of hydrogen-bond donors (Lipinski definition) is 4. The van der Waals surface area contributed by atoms with E-state index in [4.69, 9.17) is 9.26 Å². The molecule has 0 unspecified atom stereocenters. The number of nitrogens with zero attached hydrogens (tertiary/aromatic N) is 1. The van der Waals surface area contributed by atoms with E-state index in [1.54, 1.807) is 13.8 Å². The highest BCUT2D eigenvalue weighted by atomic mass is 16.5. The number of hydrogen-bond acceptors (Lipinski definition) is 6.